The molecule has 0 saturated carbocycles. The summed E-state index contributed by atoms with van der Waals surface area (Å²) in [6.07, 6.45) is 0.822. The molecule has 0 spiro atoms. The topological polar surface area (TPSA) is 35.8 Å². The lowest BCUT2D eigenvalue weighted by molar-refractivity contribution is 0.627. The first-order valence-corrected chi connectivity index (χ1v) is 7.19. The molecule has 0 aliphatic heterocycles. The van der Waals surface area contributed by atoms with E-state index in [1.807, 2.05) is 42.5 Å². The molecular weight excluding hydrogens is 288 g/mol. The molecule has 0 radical (unpaired) electrons. The molecule has 0 bridgehead atoms. The molecule has 2 aromatic carbocycles. The third-order valence-electron chi connectivity index (χ3n) is 3.08. The lowest BCUT2D eigenvalue weighted by Gasteiger charge is -2.13. The Morgan fingerprint density at radius 2 is 1.85 bits per heavy atom. The van der Waals surface area contributed by atoms with Gasteiger partial charge in [-0.05, 0) is 24.1 Å². The Hall–Kier alpha value is -1.47. The number of nitrogens with zero attached hydrogens (tertiary/aromatic N) is 1. The molecule has 0 unspecified atom stereocenters. The highest BCUT2D eigenvalue weighted by Crippen LogP contribution is 2.22. The van der Waals surface area contributed by atoms with Crippen LogP contribution in [0, 0.1) is 11.3 Å². The number of hydrogen-bond donors (Lipinski definition) is 2. The highest BCUT2D eigenvalue weighted by Gasteiger charge is 2.12. The molecule has 0 heterocycles. The summed E-state index contributed by atoms with van der Waals surface area (Å²) in [4.78, 5) is 0.973. The smallest absolute Gasteiger partial charge is 0.122 e. The number of thiol groups is 1. The Balaban J connectivity index is 1.98. The Bertz CT molecular complexity index is 622. The van der Waals surface area contributed by atoms with Gasteiger partial charge in [0, 0.05) is 22.0 Å². The summed E-state index contributed by atoms with van der Waals surface area (Å²) in [6.45, 7) is 0.695. The zero-order chi connectivity index (χ0) is 14.4. The molecule has 0 aromatic heterocycles. The van der Waals surface area contributed by atoms with Crippen LogP contribution >= 0.6 is 24.2 Å². The van der Waals surface area contributed by atoms with E-state index >= 15 is 0 Å². The fourth-order valence-corrected chi connectivity index (χ4v) is 2.53. The minimum Gasteiger partial charge on any atom is -0.298 e. The largest absolute Gasteiger partial charge is 0.298 e. The summed E-state index contributed by atoms with van der Waals surface area (Å²) in [5.74, 6) is 0. The molecule has 2 nitrogen and oxygen atoms in total. The molecule has 4 heteroatoms. The van der Waals surface area contributed by atoms with E-state index in [1.54, 1.807) is 6.07 Å². The number of halogens is 1. The lowest BCUT2D eigenvalue weighted by Crippen LogP contribution is -2.23. The van der Waals surface area contributed by atoms with E-state index < -0.39 is 6.04 Å². The molecular formula is C16H15ClN2S. The summed E-state index contributed by atoms with van der Waals surface area (Å²) in [5, 5.41) is 13.1. The van der Waals surface area contributed by atoms with E-state index in [0.717, 1.165) is 16.9 Å². The van der Waals surface area contributed by atoms with Gasteiger partial charge in [-0.15, -0.1) is 12.6 Å². The highest BCUT2D eigenvalue weighted by molar-refractivity contribution is 7.80. The van der Waals surface area contributed by atoms with E-state index in [-0.39, 0.29) is 0 Å². The molecule has 0 amide bonds. The maximum absolute atomic E-state index is 9.27. The predicted molar refractivity (Wildman–Crippen MR) is 85.2 cm³/mol. The van der Waals surface area contributed by atoms with Crippen molar-refractivity contribution >= 4 is 24.2 Å². The van der Waals surface area contributed by atoms with Crippen molar-refractivity contribution in [3.8, 4) is 6.07 Å². The van der Waals surface area contributed by atoms with E-state index in [1.165, 1.54) is 5.56 Å². The zero-order valence-corrected chi connectivity index (χ0v) is 12.5. The number of hydrogen-bond acceptors (Lipinski definition) is 3. The van der Waals surface area contributed by atoms with E-state index in [2.05, 4.69) is 24.0 Å². The van der Waals surface area contributed by atoms with Crippen LogP contribution in [0.2, 0.25) is 5.02 Å². The third-order valence-corrected chi connectivity index (χ3v) is 3.86. The summed E-state index contributed by atoms with van der Waals surface area (Å²) in [6, 6.07) is 17.2. The number of nitrogens with one attached hydrogen (secondary N) is 1. The van der Waals surface area contributed by atoms with Crippen LogP contribution in [0.5, 0.6) is 0 Å². The van der Waals surface area contributed by atoms with Crippen molar-refractivity contribution in [3.63, 3.8) is 0 Å². The molecule has 1 N–H and O–H groups in total. The van der Waals surface area contributed by atoms with Crippen LogP contribution in [0.1, 0.15) is 17.2 Å². The number of benzene rings is 2. The van der Waals surface area contributed by atoms with Gasteiger partial charge in [-0.2, -0.15) is 5.26 Å². The molecule has 0 saturated heterocycles. The lowest BCUT2D eigenvalue weighted by atomic mass is 10.1. The molecule has 2 rings (SSSR count). The van der Waals surface area contributed by atoms with Gasteiger partial charge in [-0.1, -0.05) is 48.0 Å². The van der Waals surface area contributed by atoms with Crippen LogP contribution < -0.4 is 5.32 Å². The normalized spacial score (nSPS) is 11.8. The second-order valence-corrected chi connectivity index (χ2v) is 5.31. The second kappa shape index (κ2) is 7.35. The van der Waals surface area contributed by atoms with Crippen molar-refractivity contribution in [2.45, 2.75) is 17.4 Å². The van der Waals surface area contributed by atoms with Gasteiger partial charge in [0.2, 0.25) is 0 Å². The maximum atomic E-state index is 9.27. The fraction of sp³-hybridized carbons (Fsp3) is 0.188. The van der Waals surface area contributed by atoms with Crippen molar-refractivity contribution in [1.82, 2.24) is 5.32 Å². The van der Waals surface area contributed by atoms with Crippen LogP contribution in [0.3, 0.4) is 0 Å². The molecule has 102 valence electrons. The SMILES string of the molecule is N#C[C@@H](NCCc1ccccc1S)c1ccccc1Cl. The minimum atomic E-state index is -0.393. The molecule has 2 aromatic rings. The van der Waals surface area contributed by atoms with E-state index in [9.17, 15) is 5.26 Å². The van der Waals surface area contributed by atoms with Gasteiger partial charge in [0.25, 0.3) is 0 Å². The molecule has 0 fully saturated rings. The zero-order valence-electron chi connectivity index (χ0n) is 10.9. The van der Waals surface area contributed by atoms with Crippen LogP contribution in [-0.2, 0) is 6.42 Å². The Labute approximate surface area is 129 Å². The van der Waals surface area contributed by atoms with E-state index in [4.69, 9.17) is 11.6 Å². The van der Waals surface area contributed by atoms with Crippen LogP contribution in [-0.4, -0.2) is 6.54 Å². The summed E-state index contributed by atoms with van der Waals surface area (Å²) in [7, 11) is 0. The van der Waals surface area contributed by atoms with Crippen LogP contribution in [0.15, 0.2) is 53.4 Å². The van der Waals surface area contributed by atoms with Crippen molar-refractivity contribution in [2.75, 3.05) is 6.54 Å². The summed E-state index contributed by atoms with van der Waals surface area (Å²) in [5.41, 5.74) is 1.98. The Kier molecular flexibility index (Phi) is 5.49. The van der Waals surface area contributed by atoms with Gasteiger partial charge in [0.05, 0.1) is 6.07 Å². The van der Waals surface area contributed by atoms with Crippen molar-refractivity contribution in [1.29, 1.82) is 5.26 Å². The average Bonchev–Trinajstić information content (AvgIpc) is 2.46. The van der Waals surface area contributed by atoms with Crippen LogP contribution in [0.4, 0.5) is 0 Å². The maximum Gasteiger partial charge on any atom is 0.122 e. The van der Waals surface area contributed by atoms with Gasteiger partial charge in [-0.3, -0.25) is 5.32 Å². The van der Waals surface area contributed by atoms with Gasteiger partial charge in [0.1, 0.15) is 6.04 Å². The minimum absolute atomic E-state index is 0.393. The summed E-state index contributed by atoms with van der Waals surface area (Å²) < 4.78 is 0. The summed E-state index contributed by atoms with van der Waals surface area (Å²) >= 11 is 10.5. The molecule has 0 aliphatic carbocycles. The first-order chi connectivity index (χ1) is 9.72. The Morgan fingerprint density at radius 3 is 2.55 bits per heavy atom. The van der Waals surface area contributed by atoms with Crippen LogP contribution in [0.25, 0.3) is 0 Å². The van der Waals surface area contributed by atoms with Crippen molar-refractivity contribution in [2.24, 2.45) is 0 Å². The first kappa shape index (κ1) is 14.9. The van der Waals surface area contributed by atoms with Gasteiger partial charge >= 0.3 is 0 Å². The van der Waals surface area contributed by atoms with Crippen molar-refractivity contribution < 1.29 is 0 Å². The van der Waals surface area contributed by atoms with E-state index in [0.29, 0.717) is 11.6 Å². The monoisotopic (exact) mass is 302 g/mol. The standard InChI is InChI=1S/C16H15ClN2S/c17-14-7-3-2-6-13(14)15(11-18)19-10-9-12-5-1-4-8-16(12)20/h1-8,15,19-20H,9-10H2/t15-/m1/s1. The number of nitriles is 1. The third kappa shape index (κ3) is 3.77. The quantitative estimate of drug-likeness (QED) is 0.818. The first-order valence-electron chi connectivity index (χ1n) is 6.36. The fourth-order valence-electron chi connectivity index (χ4n) is 2.01. The molecule has 1 atom stereocenters. The number of rotatable bonds is 5. The molecule has 20 heavy (non-hydrogen) atoms. The average molecular weight is 303 g/mol. The van der Waals surface area contributed by atoms with Crippen molar-refractivity contribution in [3.05, 3.63) is 64.7 Å². The predicted octanol–water partition coefficient (Wildman–Crippen LogP) is 4.03. The van der Waals surface area contributed by atoms with Gasteiger partial charge in [-0.25, -0.2) is 0 Å². The Morgan fingerprint density at radius 1 is 1.15 bits per heavy atom. The van der Waals surface area contributed by atoms with Gasteiger partial charge < -0.3 is 0 Å². The second-order valence-electron chi connectivity index (χ2n) is 4.42. The highest BCUT2D eigenvalue weighted by atomic mass is 35.5. The van der Waals surface area contributed by atoms with Gasteiger partial charge in [0.15, 0.2) is 0 Å². The molecule has 0 aliphatic rings.